The first kappa shape index (κ1) is 20.0. The molecule has 0 saturated heterocycles. The first-order chi connectivity index (χ1) is 13.4. The summed E-state index contributed by atoms with van der Waals surface area (Å²) in [4.78, 5) is 26.6. The quantitative estimate of drug-likeness (QED) is 0.578. The number of rotatable bonds is 6. The lowest BCUT2D eigenvalue weighted by molar-refractivity contribution is -0.130. The van der Waals surface area contributed by atoms with Crippen molar-refractivity contribution in [3.63, 3.8) is 0 Å². The van der Waals surface area contributed by atoms with Crippen LogP contribution in [0, 0.1) is 6.92 Å². The fraction of sp³-hybridized carbons (Fsp3) is 0.273. The van der Waals surface area contributed by atoms with Crippen LogP contribution in [0.3, 0.4) is 0 Å². The molecule has 1 heterocycles. The van der Waals surface area contributed by atoms with E-state index in [1.54, 1.807) is 31.2 Å². The molecule has 0 bridgehead atoms. The van der Waals surface area contributed by atoms with Gasteiger partial charge in [0.05, 0.1) is 7.11 Å². The summed E-state index contributed by atoms with van der Waals surface area (Å²) in [5.41, 5.74) is 2.39. The fourth-order valence-corrected chi connectivity index (χ4v) is 3.42. The van der Waals surface area contributed by atoms with Crippen molar-refractivity contribution in [1.82, 2.24) is 4.90 Å². The molecule has 0 aliphatic carbocycles. The second kappa shape index (κ2) is 8.48. The van der Waals surface area contributed by atoms with E-state index in [2.05, 4.69) is 0 Å². The third-order valence-electron chi connectivity index (χ3n) is 4.82. The highest BCUT2D eigenvalue weighted by atomic mass is 35.5. The van der Waals surface area contributed by atoms with Crippen molar-refractivity contribution in [2.75, 3.05) is 14.2 Å². The third-order valence-corrected chi connectivity index (χ3v) is 5.05. The number of amides is 1. The van der Waals surface area contributed by atoms with Gasteiger partial charge < -0.3 is 14.1 Å². The lowest BCUT2D eigenvalue weighted by Gasteiger charge is -2.17. The summed E-state index contributed by atoms with van der Waals surface area (Å²) in [5, 5.41) is 1.48. The Morgan fingerprint density at radius 2 is 2.00 bits per heavy atom. The van der Waals surface area contributed by atoms with Gasteiger partial charge in [0.2, 0.25) is 5.91 Å². The number of nitrogens with zero attached hydrogens (tertiary/aromatic N) is 1. The Kier molecular flexibility index (Phi) is 6.05. The van der Waals surface area contributed by atoms with Gasteiger partial charge in [-0.15, -0.1) is 0 Å². The van der Waals surface area contributed by atoms with Crippen LogP contribution in [0.25, 0.3) is 11.0 Å². The topological polar surface area (TPSA) is 59.8 Å². The van der Waals surface area contributed by atoms with Crippen LogP contribution >= 0.6 is 11.6 Å². The van der Waals surface area contributed by atoms with Crippen molar-refractivity contribution >= 4 is 28.5 Å². The van der Waals surface area contributed by atoms with E-state index in [-0.39, 0.29) is 12.3 Å². The number of aryl methyl sites for hydroxylation is 1. The summed E-state index contributed by atoms with van der Waals surface area (Å²) in [6.45, 7) is 2.34. The van der Waals surface area contributed by atoms with Gasteiger partial charge in [-0.25, -0.2) is 4.79 Å². The standard InChI is InChI=1S/C22H22ClNO4/c1-14-18-8-7-17(27-3)12-20(18)28-22(26)19(14)9-10-21(25)24(2)13-15-5-4-6-16(23)11-15/h4-8,11-12H,9-10,13H2,1-3H3. The molecule has 28 heavy (non-hydrogen) atoms. The first-order valence-corrected chi connectivity index (χ1v) is 9.35. The van der Waals surface area contributed by atoms with E-state index < -0.39 is 5.63 Å². The Morgan fingerprint density at radius 1 is 1.21 bits per heavy atom. The number of fused-ring (bicyclic) bond motifs is 1. The van der Waals surface area contributed by atoms with Crippen LogP contribution in [-0.2, 0) is 17.8 Å². The van der Waals surface area contributed by atoms with Gasteiger partial charge in [0.1, 0.15) is 11.3 Å². The first-order valence-electron chi connectivity index (χ1n) is 8.97. The van der Waals surface area contributed by atoms with Crippen LogP contribution in [0.2, 0.25) is 5.02 Å². The highest BCUT2D eigenvalue weighted by Crippen LogP contribution is 2.24. The lowest BCUT2D eigenvalue weighted by Crippen LogP contribution is -2.27. The SMILES string of the molecule is COc1ccc2c(C)c(CCC(=O)N(C)Cc3cccc(Cl)c3)c(=O)oc2c1. The van der Waals surface area contributed by atoms with Crippen LogP contribution in [0.15, 0.2) is 51.7 Å². The summed E-state index contributed by atoms with van der Waals surface area (Å²) in [6, 6.07) is 12.8. The van der Waals surface area contributed by atoms with Crippen molar-refractivity contribution in [2.45, 2.75) is 26.3 Å². The van der Waals surface area contributed by atoms with Crippen LogP contribution in [-0.4, -0.2) is 25.0 Å². The van der Waals surface area contributed by atoms with Crippen molar-refractivity contribution in [3.05, 3.63) is 74.6 Å². The minimum atomic E-state index is -0.413. The molecule has 0 spiro atoms. The predicted molar refractivity (Wildman–Crippen MR) is 110 cm³/mol. The fourth-order valence-electron chi connectivity index (χ4n) is 3.21. The van der Waals surface area contributed by atoms with Gasteiger partial charge in [-0.3, -0.25) is 4.79 Å². The summed E-state index contributed by atoms with van der Waals surface area (Å²) in [7, 11) is 3.30. The summed E-state index contributed by atoms with van der Waals surface area (Å²) >= 11 is 5.99. The molecule has 0 saturated carbocycles. The zero-order chi connectivity index (χ0) is 20.3. The van der Waals surface area contributed by atoms with Crippen molar-refractivity contribution in [3.8, 4) is 5.75 Å². The molecule has 0 radical (unpaired) electrons. The molecular formula is C22H22ClNO4. The molecule has 1 aromatic heterocycles. The van der Waals surface area contributed by atoms with Gasteiger partial charge in [-0.2, -0.15) is 0 Å². The molecule has 0 aliphatic heterocycles. The molecular weight excluding hydrogens is 378 g/mol. The van der Waals surface area contributed by atoms with Crippen molar-refractivity contribution in [1.29, 1.82) is 0 Å². The Labute approximate surface area is 168 Å². The monoisotopic (exact) mass is 399 g/mol. The van der Waals surface area contributed by atoms with Gasteiger partial charge in [-0.05, 0) is 48.7 Å². The number of carbonyl (C=O) groups is 1. The number of benzene rings is 2. The Bertz CT molecular complexity index is 1070. The number of halogens is 1. The minimum Gasteiger partial charge on any atom is -0.497 e. The zero-order valence-corrected chi connectivity index (χ0v) is 16.9. The molecule has 2 aromatic carbocycles. The van der Waals surface area contributed by atoms with Gasteiger partial charge in [-0.1, -0.05) is 23.7 Å². The number of carbonyl (C=O) groups excluding carboxylic acids is 1. The number of hydrogen-bond donors (Lipinski definition) is 0. The molecule has 146 valence electrons. The molecule has 6 heteroatoms. The van der Waals surface area contributed by atoms with Gasteiger partial charge in [0.25, 0.3) is 0 Å². The van der Waals surface area contributed by atoms with Crippen LogP contribution < -0.4 is 10.4 Å². The number of methoxy groups -OCH3 is 1. The summed E-state index contributed by atoms with van der Waals surface area (Å²) in [5.74, 6) is 0.578. The Morgan fingerprint density at radius 3 is 2.71 bits per heavy atom. The smallest absolute Gasteiger partial charge is 0.339 e. The second-order valence-corrected chi connectivity index (χ2v) is 7.17. The third kappa shape index (κ3) is 4.37. The highest BCUT2D eigenvalue weighted by Gasteiger charge is 2.15. The minimum absolute atomic E-state index is 0.0476. The summed E-state index contributed by atoms with van der Waals surface area (Å²) in [6.07, 6.45) is 0.555. The van der Waals surface area contributed by atoms with E-state index in [1.165, 1.54) is 0 Å². The Balaban J connectivity index is 1.73. The van der Waals surface area contributed by atoms with Gasteiger partial charge in [0.15, 0.2) is 0 Å². The molecule has 3 rings (SSSR count). The van der Waals surface area contributed by atoms with E-state index >= 15 is 0 Å². The molecule has 5 nitrogen and oxygen atoms in total. The van der Waals surface area contributed by atoms with Gasteiger partial charge >= 0.3 is 5.63 Å². The van der Waals surface area contributed by atoms with Gasteiger partial charge in [0, 0.05) is 42.1 Å². The molecule has 0 atom stereocenters. The normalized spacial score (nSPS) is 10.9. The largest absolute Gasteiger partial charge is 0.497 e. The van der Waals surface area contributed by atoms with E-state index in [9.17, 15) is 9.59 Å². The van der Waals surface area contributed by atoms with Crippen LogP contribution in [0.1, 0.15) is 23.1 Å². The summed E-state index contributed by atoms with van der Waals surface area (Å²) < 4.78 is 10.6. The van der Waals surface area contributed by atoms with Crippen molar-refractivity contribution < 1.29 is 13.9 Å². The molecule has 0 fully saturated rings. The van der Waals surface area contributed by atoms with Crippen LogP contribution in [0.5, 0.6) is 5.75 Å². The number of ether oxygens (including phenoxy) is 1. The molecule has 0 unspecified atom stereocenters. The predicted octanol–water partition coefficient (Wildman–Crippen LogP) is 4.35. The molecule has 0 aliphatic rings. The average Bonchev–Trinajstić information content (AvgIpc) is 2.67. The maximum Gasteiger partial charge on any atom is 0.339 e. The van der Waals surface area contributed by atoms with Crippen LogP contribution in [0.4, 0.5) is 0 Å². The van der Waals surface area contributed by atoms with E-state index in [1.807, 2.05) is 37.3 Å². The lowest BCUT2D eigenvalue weighted by atomic mass is 10.0. The van der Waals surface area contributed by atoms with E-state index in [0.29, 0.717) is 34.9 Å². The highest BCUT2D eigenvalue weighted by molar-refractivity contribution is 6.30. The van der Waals surface area contributed by atoms with E-state index in [0.717, 1.165) is 16.5 Å². The zero-order valence-electron chi connectivity index (χ0n) is 16.1. The molecule has 3 aromatic rings. The maximum atomic E-state index is 12.5. The average molecular weight is 400 g/mol. The second-order valence-electron chi connectivity index (χ2n) is 6.73. The number of hydrogen-bond acceptors (Lipinski definition) is 4. The van der Waals surface area contributed by atoms with E-state index in [4.69, 9.17) is 20.8 Å². The molecule has 0 N–H and O–H groups in total. The molecule has 1 amide bonds. The van der Waals surface area contributed by atoms with Crippen molar-refractivity contribution in [2.24, 2.45) is 0 Å². The maximum absolute atomic E-state index is 12.5. The Hall–Kier alpha value is -2.79.